The Kier molecular flexibility index (Phi) is 6.46. The highest BCUT2D eigenvalue weighted by Gasteiger charge is 2.16. The van der Waals surface area contributed by atoms with E-state index in [-0.39, 0.29) is 5.91 Å². The molecular weight excluding hydrogens is 388 g/mol. The van der Waals surface area contributed by atoms with Gasteiger partial charge in [0, 0.05) is 30.9 Å². The fraction of sp³-hybridized carbons (Fsp3) is 0.238. The van der Waals surface area contributed by atoms with Crippen LogP contribution in [0.5, 0.6) is 0 Å². The quantitative estimate of drug-likeness (QED) is 0.605. The summed E-state index contributed by atoms with van der Waals surface area (Å²) >= 11 is -2.54. The van der Waals surface area contributed by atoms with Crippen LogP contribution in [0.4, 0.5) is 11.4 Å². The van der Waals surface area contributed by atoms with Crippen LogP contribution < -0.4 is 9.62 Å². The summed E-state index contributed by atoms with van der Waals surface area (Å²) in [5.41, 5.74) is 4.09. The van der Waals surface area contributed by atoms with Crippen molar-refractivity contribution >= 4 is 28.5 Å². The first kappa shape index (κ1) is 20.8. The lowest BCUT2D eigenvalue weighted by atomic mass is 10.1. The Hall–Kier alpha value is -2.97. The van der Waals surface area contributed by atoms with Crippen molar-refractivity contribution in [3.63, 3.8) is 0 Å². The van der Waals surface area contributed by atoms with Crippen molar-refractivity contribution in [3.05, 3.63) is 77.1 Å². The van der Waals surface area contributed by atoms with E-state index in [4.69, 9.17) is 0 Å². The minimum atomic E-state index is -2.54. The summed E-state index contributed by atoms with van der Waals surface area (Å²) in [4.78, 5) is 12.6. The lowest BCUT2D eigenvalue weighted by Crippen LogP contribution is -2.24. The topological polar surface area (TPSA) is 90.3 Å². The molecule has 1 heterocycles. The lowest BCUT2D eigenvalue weighted by molar-refractivity contribution is 0.0951. The van der Waals surface area contributed by atoms with Gasteiger partial charge in [-0.05, 0) is 48.7 Å². The molecule has 3 aromatic rings. The number of hydrogen-bond donors (Lipinski definition) is 1. The smallest absolute Gasteiger partial charge is 0.251 e. The molecule has 1 aromatic heterocycles. The number of hydrogen-bond acceptors (Lipinski definition) is 4. The maximum absolute atomic E-state index is 12.6. The van der Waals surface area contributed by atoms with Gasteiger partial charge in [0.25, 0.3) is 5.91 Å². The van der Waals surface area contributed by atoms with Crippen molar-refractivity contribution in [2.75, 3.05) is 4.31 Å². The van der Waals surface area contributed by atoms with Crippen LogP contribution in [0.1, 0.15) is 34.0 Å². The van der Waals surface area contributed by atoms with Crippen molar-refractivity contribution in [2.24, 2.45) is 7.05 Å². The molecule has 152 valence electrons. The Labute approximate surface area is 172 Å². The van der Waals surface area contributed by atoms with Gasteiger partial charge in [-0.15, -0.1) is 0 Å². The van der Waals surface area contributed by atoms with Crippen molar-refractivity contribution in [2.45, 2.75) is 26.8 Å². The van der Waals surface area contributed by atoms with Gasteiger partial charge < -0.3 is 9.87 Å². The molecule has 8 heteroatoms. The molecule has 7 nitrogen and oxygen atoms in total. The molecule has 0 bridgehead atoms. The summed E-state index contributed by atoms with van der Waals surface area (Å²) in [5.74, 6) is -0.284. The highest BCUT2D eigenvalue weighted by Crippen LogP contribution is 2.31. The van der Waals surface area contributed by atoms with E-state index in [1.165, 1.54) is 4.31 Å². The zero-order chi connectivity index (χ0) is 21.0. The monoisotopic (exact) mass is 411 g/mol. The normalized spacial score (nSPS) is 11.9. The summed E-state index contributed by atoms with van der Waals surface area (Å²) in [6, 6.07) is 12.4. The zero-order valence-corrected chi connectivity index (χ0v) is 17.4. The maximum Gasteiger partial charge on any atom is 0.251 e. The average Bonchev–Trinajstić information content (AvgIpc) is 3.13. The molecule has 2 aromatic carbocycles. The summed E-state index contributed by atoms with van der Waals surface area (Å²) in [7, 11) is 1.81. The van der Waals surface area contributed by atoms with Crippen molar-refractivity contribution in [1.29, 1.82) is 0 Å². The Balaban J connectivity index is 1.87. The van der Waals surface area contributed by atoms with Crippen molar-refractivity contribution in [3.8, 4) is 0 Å². The summed E-state index contributed by atoms with van der Waals surface area (Å²) in [6.07, 6.45) is 4.37. The molecular formula is C21H23N4O3S-. The molecule has 1 amide bonds. The van der Waals surface area contributed by atoms with Crippen LogP contribution in [0.3, 0.4) is 0 Å². The average molecular weight is 412 g/mol. The summed E-state index contributed by atoms with van der Waals surface area (Å²) in [6.45, 7) is 4.19. The van der Waals surface area contributed by atoms with E-state index in [1.807, 2.05) is 39.2 Å². The van der Waals surface area contributed by atoms with Gasteiger partial charge in [-0.25, -0.2) is 0 Å². The van der Waals surface area contributed by atoms with Crippen molar-refractivity contribution < 1.29 is 13.6 Å². The molecule has 0 saturated carbocycles. The van der Waals surface area contributed by atoms with Gasteiger partial charge in [-0.1, -0.05) is 25.1 Å². The first-order valence-corrected chi connectivity index (χ1v) is 10.3. The fourth-order valence-electron chi connectivity index (χ4n) is 2.99. The first-order chi connectivity index (χ1) is 13.9. The lowest BCUT2D eigenvalue weighted by Gasteiger charge is -2.28. The highest BCUT2D eigenvalue weighted by molar-refractivity contribution is 7.81. The summed E-state index contributed by atoms with van der Waals surface area (Å²) < 4.78 is 26.9. The number of aromatic nitrogens is 2. The van der Waals surface area contributed by atoms with E-state index < -0.39 is 11.3 Å². The number of benzene rings is 2. The number of rotatable bonds is 7. The van der Waals surface area contributed by atoms with Gasteiger partial charge in [0.05, 0.1) is 28.8 Å². The van der Waals surface area contributed by atoms with Crippen LogP contribution >= 0.6 is 0 Å². The van der Waals surface area contributed by atoms with E-state index in [2.05, 4.69) is 10.4 Å². The largest absolute Gasteiger partial charge is 0.755 e. The number of anilines is 2. The number of nitrogens with zero attached hydrogens (tertiary/aromatic N) is 3. The third-order valence-electron chi connectivity index (χ3n) is 4.63. The number of carbonyl (C=O) groups is 1. The molecule has 1 atom stereocenters. The Morgan fingerprint density at radius 3 is 2.52 bits per heavy atom. The SMILES string of the molecule is CCc1ccc(N(c2cc(C(=O)NCc3cnn(C)c3)ccc2C)S(=O)[O-])cc1. The minimum absolute atomic E-state index is 0.284. The summed E-state index contributed by atoms with van der Waals surface area (Å²) in [5, 5.41) is 6.91. The zero-order valence-electron chi connectivity index (χ0n) is 16.6. The fourth-order valence-corrected chi connectivity index (χ4v) is 3.64. The van der Waals surface area contributed by atoms with Gasteiger partial charge in [-0.3, -0.25) is 18.0 Å². The Morgan fingerprint density at radius 1 is 1.21 bits per heavy atom. The van der Waals surface area contributed by atoms with Crippen LogP contribution in [0.25, 0.3) is 0 Å². The van der Waals surface area contributed by atoms with E-state index in [1.54, 1.807) is 41.2 Å². The van der Waals surface area contributed by atoms with Gasteiger partial charge in [0.15, 0.2) is 0 Å². The van der Waals surface area contributed by atoms with E-state index in [0.29, 0.717) is 23.5 Å². The third-order valence-corrected chi connectivity index (χ3v) is 5.34. The second-order valence-corrected chi connectivity index (χ2v) is 7.54. The van der Waals surface area contributed by atoms with Crippen LogP contribution in [0, 0.1) is 6.92 Å². The van der Waals surface area contributed by atoms with E-state index in [0.717, 1.165) is 23.1 Å². The van der Waals surface area contributed by atoms with Crippen LogP contribution in [0.2, 0.25) is 0 Å². The predicted octanol–water partition coefficient (Wildman–Crippen LogP) is 3.15. The molecule has 1 N–H and O–H groups in total. The minimum Gasteiger partial charge on any atom is -0.755 e. The van der Waals surface area contributed by atoms with Gasteiger partial charge in [-0.2, -0.15) is 5.10 Å². The van der Waals surface area contributed by atoms with Crippen LogP contribution in [-0.4, -0.2) is 24.4 Å². The first-order valence-electron chi connectivity index (χ1n) is 9.24. The van der Waals surface area contributed by atoms with Crippen LogP contribution in [-0.2, 0) is 31.3 Å². The predicted molar refractivity (Wildman–Crippen MR) is 112 cm³/mol. The molecule has 1 unspecified atom stereocenters. The number of nitrogens with one attached hydrogen (secondary N) is 1. The van der Waals surface area contributed by atoms with E-state index >= 15 is 0 Å². The van der Waals surface area contributed by atoms with Crippen LogP contribution in [0.15, 0.2) is 54.9 Å². The Bertz CT molecular complexity index is 1030. The standard InChI is InChI=1S/C21H24N4O3S/c1-4-16-6-9-19(10-7-16)25(29(27)28)20-11-18(8-5-15(20)2)21(26)22-12-17-13-23-24(3)14-17/h5-11,13-14H,4,12H2,1-3H3,(H,22,26)(H,27,28)/p-1. The van der Waals surface area contributed by atoms with Gasteiger partial charge in [0.1, 0.15) is 0 Å². The number of carbonyl (C=O) groups excluding carboxylic acids is 1. The third kappa shape index (κ3) is 4.90. The second-order valence-electron chi connectivity index (χ2n) is 6.74. The van der Waals surface area contributed by atoms with Crippen molar-refractivity contribution in [1.82, 2.24) is 15.1 Å². The molecule has 0 fully saturated rings. The molecule has 0 aliphatic heterocycles. The molecule has 0 saturated heterocycles. The second kappa shape index (κ2) is 9.02. The Morgan fingerprint density at radius 2 is 1.93 bits per heavy atom. The molecule has 0 radical (unpaired) electrons. The van der Waals surface area contributed by atoms with E-state index in [9.17, 15) is 13.6 Å². The molecule has 3 rings (SSSR count). The van der Waals surface area contributed by atoms with Gasteiger partial charge in [0.2, 0.25) is 0 Å². The molecule has 0 aliphatic rings. The maximum atomic E-state index is 12.6. The number of aryl methyl sites for hydroxylation is 3. The molecule has 0 aliphatic carbocycles. The molecule has 0 spiro atoms. The highest BCUT2D eigenvalue weighted by atomic mass is 32.2. The number of amides is 1. The molecule has 29 heavy (non-hydrogen) atoms. The van der Waals surface area contributed by atoms with Gasteiger partial charge >= 0.3 is 0 Å².